The van der Waals surface area contributed by atoms with Crippen molar-refractivity contribution in [2.24, 2.45) is 5.92 Å². The number of carbonyl (C=O) groups is 2. The third-order valence-corrected chi connectivity index (χ3v) is 3.48. The lowest BCUT2D eigenvalue weighted by Gasteiger charge is -2.11. The lowest BCUT2D eigenvalue weighted by Crippen LogP contribution is -2.12. The number of hydrogen-bond donors (Lipinski definition) is 1. The second kappa shape index (κ2) is 6.82. The monoisotopic (exact) mass is 337 g/mol. The van der Waals surface area contributed by atoms with Crippen molar-refractivity contribution in [1.82, 2.24) is 4.98 Å². The lowest BCUT2D eigenvalue weighted by atomic mass is 9.97. The van der Waals surface area contributed by atoms with Gasteiger partial charge in [-0.15, -0.1) is 0 Å². The zero-order valence-electron chi connectivity index (χ0n) is 12.9. The highest BCUT2D eigenvalue weighted by molar-refractivity contribution is 5.86. The van der Waals surface area contributed by atoms with Crippen LogP contribution in [0.2, 0.25) is 0 Å². The smallest absolute Gasteiger partial charge is 0.354 e. The van der Waals surface area contributed by atoms with Crippen LogP contribution in [0.1, 0.15) is 29.9 Å². The first-order valence-corrected chi connectivity index (χ1v) is 7.12. The molecule has 0 radical (unpaired) electrons. The molecule has 1 aromatic carbocycles. The van der Waals surface area contributed by atoms with Gasteiger partial charge in [0.05, 0.1) is 5.56 Å². The van der Waals surface area contributed by atoms with E-state index in [0.29, 0.717) is 0 Å². The molecule has 4 nitrogen and oxygen atoms in total. The molecule has 0 spiro atoms. The van der Waals surface area contributed by atoms with Gasteiger partial charge in [0.25, 0.3) is 0 Å². The minimum absolute atomic E-state index is 0.105. The molecular formula is C17H14F3NO3. The standard InChI is InChI=1S/C17H14F3NO3/c1-8(2)13(22)7-9-3-4-10(18)14(15(9)20)16-11(19)5-6-12(21-16)17(23)24/h3-6,8H,7H2,1-2H3,(H,23,24). The quantitative estimate of drug-likeness (QED) is 0.905. The summed E-state index contributed by atoms with van der Waals surface area (Å²) in [6, 6.07) is 3.67. The van der Waals surface area contributed by atoms with Crippen molar-refractivity contribution in [3.63, 3.8) is 0 Å². The lowest BCUT2D eigenvalue weighted by molar-refractivity contribution is -0.121. The van der Waals surface area contributed by atoms with E-state index in [0.717, 1.165) is 24.3 Å². The summed E-state index contributed by atoms with van der Waals surface area (Å²) in [6.07, 6.45) is -0.281. The van der Waals surface area contributed by atoms with Gasteiger partial charge in [-0.3, -0.25) is 4.79 Å². The van der Waals surface area contributed by atoms with Gasteiger partial charge in [-0.2, -0.15) is 0 Å². The highest BCUT2D eigenvalue weighted by Crippen LogP contribution is 2.29. The first kappa shape index (κ1) is 17.7. The van der Waals surface area contributed by atoms with Crippen LogP contribution in [0.3, 0.4) is 0 Å². The fourth-order valence-electron chi connectivity index (χ4n) is 2.08. The maximum atomic E-state index is 14.6. The van der Waals surface area contributed by atoms with E-state index in [9.17, 15) is 22.8 Å². The number of aromatic carboxylic acids is 1. The predicted octanol–water partition coefficient (Wildman–Crippen LogP) is 3.63. The van der Waals surface area contributed by atoms with Crippen LogP contribution in [-0.4, -0.2) is 21.8 Å². The van der Waals surface area contributed by atoms with Gasteiger partial charge >= 0.3 is 5.97 Å². The number of pyridine rings is 1. The molecule has 1 heterocycles. The van der Waals surface area contributed by atoms with Crippen LogP contribution < -0.4 is 0 Å². The molecule has 0 amide bonds. The van der Waals surface area contributed by atoms with Gasteiger partial charge in [-0.1, -0.05) is 19.9 Å². The van der Waals surface area contributed by atoms with Crippen LogP contribution >= 0.6 is 0 Å². The number of halogens is 3. The van der Waals surface area contributed by atoms with Gasteiger partial charge in [0, 0.05) is 12.3 Å². The Balaban J connectivity index is 2.61. The van der Waals surface area contributed by atoms with Crippen molar-refractivity contribution < 1.29 is 27.9 Å². The third-order valence-electron chi connectivity index (χ3n) is 3.48. The SMILES string of the molecule is CC(C)C(=O)Cc1ccc(F)c(-c2nc(C(=O)O)ccc2F)c1F. The van der Waals surface area contributed by atoms with Gasteiger partial charge in [0.2, 0.25) is 0 Å². The molecule has 0 aliphatic heterocycles. The molecule has 0 unspecified atom stereocenters. The summed E-state index contributed by atoms with van der Waals surface area (Å²) in [4.78, 5) is 26.2. The summed E-state index contributed by atoms with van der Waals surface area (Å²) < 4.78 is 42.6. The Hall–Kier alpha value is -2.70. The number of benzene rings is 1. The third kappa shape index (κ3) is 3.45. The van der Waals surface area contributed by atoms with Gasteiger partial charge in [0.15, 0.2) is 0 Å². The van der Waals surface area contributed by atoms with E-state index < -0.39 is 40.4 Å². The zero-order chi connectivity index (χ0) is 18.0. The van der Waals surface area contributed by atoms with Crippen molar-refractivity contribution in [3.8, 4) is 11.3 Å². The van der Waals surface area contributed by atoms with Crippen LogP contribution in [-0.2, 0) is 11.2 Å². The van der Waals surface area contributed by atoms with Crippen LogP contribution in [0.15, 0.2) is 24.3 Å². The number of ketones is 1. The Labute approximate surface area is 136 Å². The normalized spacial score (nSPS) is 10.9. The van der Waals surface area contributed by atoms with Gasteiger partial charge in [-0.25, -0.2) is 22.9 Å². The highest BCUT2D eigenvalue weighted by atomic mass is 19.1. The number of nitrogens with zero attached hydrogens (tertiary/aromatic N) is 1. The van der Waals surface area contributed by atoms with E-state index in [4.69, 9.17) is 5.11 Å². The Bertz CT molecular complexity index is 819. The van der Waals surface area contributed by atoms with E-state index in [1.54, 1.807) is 13.8 Å². The molecule has 0 atom stereocenters. The number of aromatic nitrogens is 1. The van der Waals surface area contributed by atoms with Crippen molar-refractivity contribution in [2.75, 3.05) is 0 Å². The molecule has 0 saturated heterocycles. The summed E-state index contributed by atoms with van der Waals surface area (Å²) in [7, 11) is 0. The Morgan fingerprint density at radius 1 is 1.08 bits per heavy atom. The summed E-state index contributed by atoms with van der Waals surface area (Å²) in [5, 5.41) is 8.90. The first-order chi connectivity index (χ1) is 11.2. The number of rotatable bonds is 5. The molecule has 0 fully saturated rings. The maximum absolute atomic E-state index is 14.6. The molecule has 0 aliphatic rings. The minimum Gasteiger partial charge on any atom is -0.477 e. The van der Waals surface area contributed by atoms with E-state index in [1.807, 2.05) is 0 Å². The van der Waals surface area contributed by atoms with Crippen LogP contribution in [0.5, 0.6) is 0 Å². The number of carboxylic acid groups (broad SMARTS) is 1. The second-order valence-corrected chi connectivity index (χ2v) is 5.53. The summed E-state index contributed by atoms with van der Waals surface area (Å²) in [6.45, 7) is 3.28. The van der Waals surface area contributed by atoms with Crippen LogP contribution in [0, 0.1) is 23.4 Å². The zero-order valence-corrected chi connectivity index (χ0v) is 12.9. The van der Waals surface area contributed by atoms with E-state index in [2.05, 4.69) is 4.98 Å². The van der Waals surface area contributed by atoms with Crippen molar-refractivity contribution in [2.45, 2.75) is 20.3 Å². The fourth-order valence-corrected chi connectivity index (χ4v) is 2.08. The number of Topliss-reactive ketones (excluding diaryl/α,β-unsaturated/α-hetero) is 1. The highest BCUT2D eigenvalue weighted by Gasteiger charge is 2.23. The molecule has 2 rings (SSSR count). The predicted molar refractivity (Wildman–Crippen MR) is 80.1 cm³/mol. The molecule has 0 bridgehead atoms. The molecule has 1 N–H and O–H groups in total. The Morgan fingerprint density at radius 3 is 2.29 bits per heavy atom. The molecule has 0 saturated carbocycles. The van der Waals surface area contributed by atoms with Gasteiger partial charge in [0.1, 0.15) is 34.6 Å². The topological polar surface area (TPSA) is 67.3 Å². The van der Waals surface area contributed by atoms with Crippen molar-refractivity contribution in [3.05, 3.63) is 53.0 Å². The number of carbonyl (C=O) groups excluding carboxylic acids is 1. The fraction of sp³-hybridized carbons (Fsp3) is 0.235. The second-order valence-electron chi connectivity index (χ2n) is 5.53. The Morgan fingerprint density at radius 2 is 1.71 bits per heavy atom. The number of hydrogen-bond acceptors (Lipinski definition) is 3. The van der Waals surface area contributed by atoms with Gasteiger partial charge < -0.3 is 5.11 Å². The van der Waals surface area contributed by atoms with Crippen LogP contribution in [0.25, 0.3) is 11.3 Å². The van der Waals surface area contributed by atoms with Gasteiger partial charge in [-0.05, 0) is 23.8 Å². The van der Waals surface area contributed by atoms with E-state index >= 15 is 0 Å². The Kier molecular flexibility index (Phi) is 5.02. The van der Waals surface area contributed by atoms with Crippen molar-refractivity contribution in [1.29, 1.82) is 0 Å². The molecule has 126 valence electrons. The van der Waals surface area contributed by atoms with Crippen LogP contribution in [0.4, 0.5) is 13.2 Å². The maximum Gasteiger partial charge on any atom is 0.354 e. The largest absolute Gasteiger partial charge is 0.477 e. The summed E-state index contributed by atoms with van der Waals surface area (Å²) in [5.74, 6) is -5.35. The minimum atomic E-state index is -1.46. The molecule has 0 aliphatic carbocycles. The van der Waals surface area contributed by atoms with Crippen molar-refractivity contribution >= 4 is 11.8 Å². The first-order valence-electron chi connectivity index (χ1n) is 7.12. The average Bonchev–Trinajstić information content (AvgIpc) is 2.51. The van der Waals surface area contributed by atoms with E-state index in [-0.39, 0.29) is 23.7 Å². The number of carboxylic acids is 1. The molecule has 7 heteroatoms. The van der Waals surface area contributed by atoms with E-state index in [1.165, 1.54) is 0 Å². The summed E-state index contributed by atoms with van der Waals surface area (Å²) >= 11 is 0. The molecular weight excluding hydrogens is 323 g/mol. The average molecular weight is 337 g/mol. The molecule has 1 aromatic heterocycles. The molecule has 24 heavy (non-hydrogen) atoms. The molecule has 2 aromatic rings. The summed E-state index contributed by atoms with van der Waals surface area (Å²) in [5.41, 5.74) is -2.19.